The third-order valence-electron chi connectivity index (χ3n) is 4.44. The van der Waals surface area contributed by atoms with E-state index in [9.17, 15) is 5.11 Å². The summed E-state index contributed by atoms with van der Waals surface area (Å²) >= 11 is 0. The smallest absolute Gasteiger partial charge is 0.237 e. The molecule has 0 amide bonds. The van der Waals surface area contributed by atoms with E-state index in [1.165, 1.54) is 0 Å². The first-order valence-electron chi connectivity index (χ1n) is 8.52. The number of nitrogens with one attached hydrogen (secondary N) is 1. The second-order valence-electron chi connectivity index (χ2n) is 6.16. The van der Waals surface area contributed by atoms with Crippen LogP contribution in [0.25, 0.3) is 11.6 Å². The lowest BCUT2D eigenvalue weighted by Crippen LogP contribution is -1.95. The topological polar surface area (TPSA) is 79.7 Å². The molecule has 2 N–H and O–H groups in total. The number of para-hydroxylation sites is 1. The van der Waals surface area contributed by atoms with Gasteiger partial charge < -0.3 is 19.6 Å². The van der Waals surface area contributed by atoms with Crippen LogP contribution >= 0.6 is 0 Å². The number of fused-ring (bicyclic) bond motifs is 1. The van der Waals surface area contributed by atoms with E-state index in [0.717, 1.165) is 22.4 Å². The van der Waals surface area contributed by atoms with E-state index in [0.29, 0.717) is 29.4 Å². The van der Waals surface area contributed by atoms with E-state index < -0.39 is 0 Å². The summed E-state index contributed by atoms with van der Waals surface area (Å²) in [6.07, 6.45) is 4.18. The van der Waals surface area contributed by atoms with Crippen LogP contribution < -0.4 is 9.47 Å². The van der Waals surface area contributed by atoms with Gasteiger partial charge in [-0.05, 0) is 29.8 Å². The summed E-state index contributed by atoms with van der Waals surface area (Å²) in [7, 11) is 3.21. The number of aliphatic imine (C=N–C) groups is 1. The van der Waals surface area contributed by atoms with Crippen LogP contribution in [-0.2, 0) is 6.42 Å². The average molecular weight is 361 g/mol. The minimum absolute atomic E-state index is 0.0317. The molecule has 6 nitrogen and oxygen atoms in total. The Morgan fingerprint density at radius 3 is 2.70 bits per heavy atom. The van der Waals surface area contributed by atoms with Crippen molar-refractivity contribution in [1.82, 2.24) is 9.97 Å². The molecule has 4 rings (SSSR count). The zero-order valence-electron chi connectivity index (χ0n) is 15.1. The fourth-order valence-corrected chi connectivity index (χ4v) is 3.11. The normalized spacial score (nSPS) is 13.8. The molecule has 1 aromatic heterocycles. The summed E-state index contributed by atoms with van der Waals surface area (Å²) in [6.45, 7) is 0. The van der Waals surface area contributed by atoms with Crippen molar-refractivity contribution in [2.75, 3.05) is 14.2 Å². The number of hydrogen-bond donors (Lipinski definition) is 2. The molecule has 1 aliphatic rings. The fraction of sp³-hybridized carbons (Fsp3) is 0.143. The van der Waals surface area contributed by atoms with Gasteiger partial charge in [-0.15, -0.1) is 0 Å². The van der Waals surface area contributed by atoms with Gasteiger partial charge in [-0.3, -0.25) is 4.99 Å². The summed E-state index contributed by atoms with van der Waals surface area (Å²) in [4.78, 5) is 11.8. The number of allylic oxidation sites excluding steroid dienone is 1. The molecule has 6 heteroatoms. The highest BCUT2D eigenvalue weighted by molar-refractivity contribution is 6.21. The van der Waals surface area contributed by atoms with Crippen molar-refractivity contribution in [3.05, 3.63) is 65.1 Å². The SMILES string of the molecule is COc1ccc(Cc2nc(O)c(/C=C3\C=Nc4ccccc43)[nH]2)cc1OC. The monoisotopic (exact) mass is 361 g/mol. The molecule has 3 aromatic rings. The lowest BCUT2D eigenvalue weighted by atomic mass is 10.1. The molecule has 0 radical (unpaired) electrons. The fourth-order valence-electron chi connectivity index (χ4n) is 3.11. The summed E-state index contributed by atoms with van der Waals surface area (Å²) in [5.41, 5.74) is 4.44. The van der Waals surface area contributed by atoms with Crippen LogP contribution in [0.5, 0.6) is 17.4 Å². The molecule has 0 unspecified atom stereocenters. The van der Waals surface area contributed by atoms with Gasteiger partial charge in [-0.1, -0.05) is 24.3 Å². The summed E-state index contributed by atoms with van der Waals surface area (Å²) in [5, 5.41) is 10.2. The lowest BCUT2D eigenvalue weighted by Gasteiger charge is -2.08. The highest BCUT2D eigenvalue weighted by Crippen LogP contribution is 2.33. The first-order valence-corrected chi connectivity index (χ1v) is 8.52. The Morgan fingerprint density at radius 1 is 1.07 bits per heavy atom. The molecule has 0 saturated heterocycles. The number of nitrogens with zero attached hydrogens (tertiary/aromatic N) is 2. The molecule has 27 heavy (non-hydrogen) atoms. The molecule has 1 aliphatic heterocycles. The maximum absolute atomic E-state index is 10.2. The molecule has 2 aromatic carbocycles. The number of methoxy groups -OCH3 is 2. The van der Waals surface area contributed by atoms with Gasteiger partial charge in [0.05, 0.1) is 19.9 Å². The number of imidazole rings is 1. The van der Waals surface area contributed by atoms with E-state index in [-0.39, 0.29) is 5.88 Å². The van der Waals surface area contributed by atoms with Crippen LogP contribution in [0, 0.1) is 0 Å². The van der Waals surface area contributed by atoms with Gasteiger partial charge in [0.1, 0.15) is 11.5 Å². The Hall–Kier alpha value is -3.54. The van der Waals surface area contributed by atoms with Crippen LogP contribution in [-0.4, -0.2) is 35.5 Å². The number of ether oxygens (including phenoxy) is 2. The van der Waals surface area contributed by atoms with Crippen molar-refractivity contribution >= 4 is 23.6 Å². The van der Waals surface area contributed by atoms with Crippen molar-refractivity contribution in [2.24, 2.45) is 4.99 Å². The molecule has 136 valence electrons. The maximum atomic E-state index is 10.2. The third-order valence-corrected chi connectivity index (χ3v) is 4.44. The first-order chi connectivity index (χ1) is 13.2. The number of rotatable bonds is 5. The third kappa shape index (κ3) is 3.29. The van der Waals surface area contributed by atoms with Crippen molar-refractivity contribution in [3.63, 3.8) is 0 Å². The molecule has 0 bridgehead atoms. The minimum Gasteiger partial charge on any atom is -0.493 e. The van der Waals surface area contributed by atoms with Crippen molar-refractivity contribution < 1.29 is 14.6 Å². The van der Waals surface area contributed by atoms with Gasteiger partial charge in [0, 0.05) is 23.8 Å². The number of aromatic hydroxyl groups is 1. The van der Waals surface area contributed by atoms with Gasteiger partial charge >= 0.3 is 0 Å². The van der Waals surface area contributed by atoms with Gasteiger partial charge in [-0.25, -0.2) is 0 Å². The van der Waals surface area contributed by atoms with Crippen molar-refractivity contribution in [3.8, 4) is 17.4 Å². The number of aromatic amines is 1. The van der Waals surface area contributed by atoms with E-state index in [1.807, 2.05) is 48.5 Å². The van der Waals surface area contributed by atoms with E-state index in [4.69, 9.17) is 9.47 Å². The Morgan fingerprint density at radius 2 is 1.89 bits per heavy atom. The van der Waals surface area contributed by atoms with Crippen LogP contribution in [0.4, 0.5) is 5.69 Å². The van der Waals surface area contributed by atoms with Crippen molar-refractivity contribution in [2.45, 2.75) is 6.42 Å². The molecule has 0 atom stereocenters. The number of H-pyrrole nitrogens is 1. The number of benzene rings is 2. The van der Waals surface area contributed by atoms with E-state index in [2.05, 4.69) is 15.0 Å². The Balaban J connectivity index is 1.60. The van der Waals surface area contributed by atoms with E-state index in [1.54, 1.807) is 20.4 Å². The van der Waals surface area contributed by atoms with Gasteiger partial charge in [0.25, 0.3) is 0 Å². The zero-order chi connectivity index (χ0) is 18.8. The quantitative estimate of drug-likeness (QED) is 0.720. The molecule has 0 fully saturated rings. The summed E-state index contributed by atoms with van der Waals surface area (Å²) in [5.74, 6) is 1.96. The van der Waals surface area contributed by atoms with Gasteiger partial charge in [-0.2, -0.15) is 4.98 Å². The van der Waals surface area contributed by atoms with Gasteiger partial charge in [0.15, 0.2) is 11.5 Å². The second-order valence-corrected chi connectivity index (χ2v) is 6.16. The minimum atomic E-state index is -0.0317. The van der Waals surface area contributed by atoms with Crippen LogP contribution in [0.15, 0.2) is 47.5 Å². The first kappa shape index (κ1) is 16.9. The standard InChI is InChI=1S/C21H19N3O3/c1-26-18-8-7-13(9-19(18)27-2)10-20-23-17(21(25)24-20)11-14-12-22-16-6-4-3-5-15(14)16/h3-9,11-12,25H,10H2,1-2H3,(H,23,24)/b14-11+. The summed E-state index contributed by atoms with van der Waals surface area (Å²) < 4.78 is 10.6. The average Bonchev–Trinajstić information content (AvgIpc) is 3.25. The zero-order valence-corrected chi connectivity index (χ0v) is 15.1. The van der Waals surface area contributed by atoms with Crippen molar-refractivity contribution in [1.29, 1.82) is 0 Å². The summed E-state index contributed by atoms with van der Waals surface area (Å²) in [6, 6.07) is 13.6. The van der Waals surface area contributed by atoms with Crippen LogP contribution in [0.2, 0.25) is 0 Å². The molecule has 2 heterocycles. The largest absolute Gasteiger partial charge is 0.493 e. The van der Waals surface area contributed by atoms with Crippen LogP contribution in [0.3, 0.4) is 0 Å². The number of aromatic nitrogens is 2. The maximum Gasteiger partial charge on any atom is 0.237 e. The highest BCUT2D eigenvalue weighted by Gasteiger charge is 2.14. The van der Waals surface area contributed by atoms with Gasteiger partial charge in [0.2, 0.25) is 5.88 Å². The molecule has 0 spiro atoms. The molecule has 0 aliphatic carbocycles. The predicted molar refractivity (Wildman–Crippen MR) is 105 cm³/mol. The Labute approximate surface area is 156 Å². The molecule has 0 saturated carbocycles. The Kier molecular flexibility index (Phi) is 4.38. The lowest BCUT2D eigenvalue weighted by molar-refractivity contribution is 0.354. The van der Waals surface area contributed by atoms with Crippen LogP contribution in [0.1, 0.15) is 22.6 Å². The second kappa shape index (κ2) is 6.99. The molecular weight excluding hydrogens is 342 g/mol. The van der Waals surface area contributed by atoms with E-state index >= 15 is 0 Å². The highest BCUT2D eigenvalue weighted by atomic mass is 16.5. The number of hydrogen-bond acceptors (Lipinski definition) is 5. The predicted octanol–water partition coefficient (Wildman–Crippen LogP) is 3.98. The molecular formula is C21H19N3O3. The Bertz CT molecular complexity index is 1050.